The van der Waals surface area contributed by atoms with Crippen molar-refractivity contribution >= 4 is 32.8 Å². The van der Waals surface area contributed by atoms with Crippen LogP contribution in [0, 0.1) is 6.92 Å². The molecule has 0 fully saturated rings. The number of para-hydroxylation sites is 1. The predicted octanol–water partition coefficient (Wildman–Crippen LogP) is 3.60. The van der Waals surface area contributed by atoms with Gasteiger partial charge in [0.25, 0.3) is 0 Å². The van der Waals surface area contributed by atoms with Crippen LogP contribution in [-0.4, -0.2) is 8.80 Å². The van der Waals surface area contributed by atoms with Gasteiger partial charge in [0.2, 0.25) is 0 Å². The summed E-state index contributed by atoms with van der Waals surface area (Å²) in [5, 5.41) is 2.22. The summed E-state index contributed by atoms with van der Waals surface area (Å²) in [4.78, 5) is 12.9. The molecule has 5 aromatic rings. The van der Waals surface area contributed by atoms with Gasteiger partial charge in [0.05, 0.1) is 22.1 Å². The number of rotatable bonds is 0. The minimum atomic E-state index is 0.0156. The summed E-state index contributed by atoms with van der Waals surface area (Å²) in [6.45, 7) is 2.05. The van der Waals surface area contributed by atoms with Gasteiger partial charge in [0.1, 0.15) is 0 Å². The molecule has 0 aliphatic rings. The third kappa shape index (κ3) is 1.21. The number of hydrogen-bond donors (Lipinski definition) is 0. The van der Waals surface area contributed by atoms with Crippen molar-refractivity contribution in [3.05, 3.63) is 70.6 Å². The van der Waals surface area contributed by atoms with Gasteiger partial charge in [-0.2, -0.15) is 0 Å². The second-order valence-corrected chi connectivity index (χ2v) is 5.63. The fraction of sp³-hybridized carbons (Fsp3) is 0.0556. The third-order valence-corrected chi connectivity index (χ3v) is 4.32. The van der Waals surface area contributed by atoms with Gasteiger partial charge in [-0.25, -0.2) is 4.79 Å². The van der Waals surface area contributed by atoms with E-state index >= 15 is 0 Å². The smallest absolute Gasteiger partial charge is 0.260 e. The summed E-state index contributed by atoms with van der Waals surface area (Å²) in [5.74, 6) is 0. The van der Waals surface area contributed by atoms with Crippen molar-refractivity contribution in [1.29, 1.82) is 0 Å². The highest BCUT2D eigenvalue weighted by Gasteiger charge is 2.16. The highest BCUT2D eigenvalue weighted by atomic mass is 16.1. The van der Waals surface area contributed by atoms with Crippen LogP contribution < -0.4 is 5.69 Å². The lowest BCUT2D eigenvalue weighted by molar-refractivity contribution is 1.06. The number of fused-ring (bicyclic) bond motifs is 7. The normalized spacial score (nSPS) is 12.2. The maximum atomic E-state index is 12.9. The fourth-order valence-corrected chi connectivity index (χ4v) is 3.35. The highest BCUT2D eigenvalue weighted by Crippen LogP contribution is 2.27. The average Bonchev–Trinajstić information content (AvgIpc) is 3.10. The van der Waals surface area contributed by atoms with Crippen LogP contribution in [0.3, 0.4) is 0 Å². The van der Waals surface area contributed by atoms with Crippen molar-refractivity contribution < 1.29 is 0 Å². The molecule has 3 heteroatoms. The van der Waals surface area contributed by atoms with Crippen LogP contribution in [-0.2, 0) is 0 Å². The van der Waals surface area contributed by atoms with E-state index in [0.717, 1.165) is 38.4 Å². The first-order chi connectivity index (χ1) is 10.2. The van der Waals surface area contributed by atoms with Crippen molar-refractivity contribution in [1.82, 2.24) is 8.80 Å². The van der Waals surface area contributed by atoms with Crippen LogP contribution in [0.5, 0.6) is 0 Å². The first kappa shape index (κ1) is 10.9. The molecule has 21 heavy (non-hydrogen) atoms. The topological polar surface area (TPSA) is 25.9 Å². The Balaban J connectivity index is 2.14. The minimum absolute atomic E-state index is 0.0156. The second-order valence-electron chi connectivity index (χ2n) is 5.63. The van der Waals surface area contributed by atoms with E-state index in [4.69, 9.17) is 0 Å². The maximum Gasteiger partial charge on any atom is 0.338 e. The molecule has 0 radical (unpaired) electrons. The summed E-state index contributed by atoms with van der Waals surface area (Å²) in [6.07, 6.45) is 0. The molecule has 0 unspecified atom stereocenters. The summed E-state index contributed by atoms with van der Waals surface area (Å²) in [5.41, 5.74) is 5.11. The molecule has 0 N–H and O–H groups in total. The van der Waals surface area contributed by atoms with Gasteiger partial charge in [-0.15, -0.1) is 0 Å². The molecule has 0 aliphatic heterocycles. The van der Waals surface area contributed by atoms with Crippen LogP contribution in [0.1, 0.15) is 5.56 Å². The van der Waals surface area contributed by atoms with E-state index in [1.165, 1.54) is 0 Å². The number of benzene rings is 2. The van der Waals surface area contributed by atoms with E-state index in [0.29, 0.717) is 0 Å². The summed E-state index contributed by atoms with van der Waals surface area (Å²) < 4.78 is 3.64. The molecule has 3 aromatic heterocycles. The molecule has 0 amide bonds. The maximum absolute atomic E-state index is 12.9. The highest BCUT2D eigenvalue weighted by molar-refractivity contribution is 5.99. The van der Waals surface area contributed by atoms with E-state index in [2.05, 4.69) is 37.3 Å². The standard InChI is InChI=1S/C18H12N2O/c1-11-6-7-13-10-17-16-9-12-4-2-3-5-14(12)19(16)18(21)20(17)15(13)8-11/h2-10H,1H3. The van der Waals surface area contributed by atoms with E-state index in [1.807, 2.05) is 33.1 Å². The molecule has 0 saturated heterocycles. The zero-order valence-corrected chi connectivity index (χ0v) is 11.5. The molecule has 0 saturated carbocycles. The monoisotopic (exact) mass is 272 g/mol. The molecular weight excluding hydrogens is 260 g/mol. The van der Waals surface area contributed by atoms with Crippen LogP contribution >= 0.6 is 0 Å². The lowest BCUT2D eigenvalue weighted by Crippen LogP contribution is -2.13. The zero-order chi connectivity index (χ0) is 14.1. The molecular formula is C18H12N2O. The van der Waals surface area contributed by atoms with E-state index in [9.17, 15) is 4.79 Å². The Morgan fingerprint density at radius 1 is 0.714 bits per heavy atom. The Morgan fingerprint density at radius 3 is 2.19 bits per heavy atom. The molecule has 0 atom stereocenters. The Hall–Kier alpha value is -2.81. The first-order valence-corrected chi connectivity index (χ1v) is 7.02. The molecule has 5 rings (SSSR count). The Bertz CT molecular complexity index is 1210. The molecule has 2 aromatic carbocycles. The van der Waals surface area contributed by atoms with Gasteiger partial charge in [-0.05, 0) is 36.8 Å². The quantitative estimate of drug-likeness (QED) is 0.423. The van der Waals surface area contributed by atoms with Crippen LogP contribution in [0.4, 0.5) is 0 Å². The molecule has 3 heterocycles. The second kappa shape index (κ2) is 3.44. The van der Waals surface area contributed by atoms with Crippen LogP contribution in [0.15, 0.2) is 59.4 Å². The Labute approximate surface area is 120 Å². The summed E-state index contributed by atoms with van der Waals surface area (Å²) >= 11 is 0. The van der Waals surface area contributed by atoms with Gasteiger partial charge < -0.3 is 0 Å². The number of hydrogen-bond acceptors (Lipinski definition) is 1. The Kier molecular flexibility index (Phi) is 1.79. The molecule has 0 bridgehead atoms. The average molecular weight is 272 g/mol. The minimum Gasteiger partial charge on any atom is -0.260 e. The lowest BCUT2D eigenvalue weighted by Gasteiger charge is -1.94. The Morgan fingerprint density at radius 2 is 1.38 bits per heavy atom. The fourth-order valence-electron chi connectivity index (χ4n) is 3.35. The van der Waals surface area contributed by atoms with Crippen molar-refractivity contribution in [3.63, 3.8) is 0 Å². The summed E-state index contributed by atoms with van der Waals surface area (Å²) in [7, 11) is 0. The van der Waals surface area contributed by atoms with E-state index in [-0.39, 0.29) is 5.69 Å². The van der Waals surface area contributed by atoms with Gasteiger partial charge in [-0.1, -0.05) is 30.3 Å². The zero-order valence-electron chi connectivity index (χ0n) is 11.5. The predicted molar refractivity (Wildman–Crippen MR) is 85.6 cm³/mol. The van der Waals surface area contributed by atoms with Crippen molar-refractivity contribution in [2.24, 2.45) is 0 Å². The lowest BCUT2D eigenvalue weighted by atomic mass is 10.2. The van der Waals surface area contributed by atoms with Crippen molar-refractivity contribution in [2.75, 3.05) is 0 Å². The molecule has 100 valence electrons. The third-order valence-electron chi connectivity index (χ3n) is 4.32. The van der Waals surface area contributed by atoms with Crippen molar-refractivity contribution in [2.45, 2.75) is 6.92 Å². The van der Waals surface area contributed by atoms with Crippen LogP contribution in [0.2, 0.25) is 0 Å². The molecule has 0 aliphatic carbocycles. The SMILES string of the molecule is Cc1ccc2cc3c4cc5ccccc5n4c(=O)n3c2c1. The van der Waals surface area contributed by atoms with Gasteiger partial charge in [0.15, 0.2) is 0 Å². The van der Waals surface area contributed by atoms with Gasteiger partial charge >= 0.3 is 5.69 Å². The first-order valence-electron chi connectivity index (χ1n) is 7.02. The van der Waals surface area contributed by atoms with Gasteiger partial charge in [-0.3, -0.25) is 8.80 Å². The molecule has 0 spiro atoms. The number of aromatic nitrogens is 2. The van der Waals surface area contributed by atoms with E-state index < -0.39 is 0 Å². The van der Waals surface area contributed by atoms with Crippen LogP contribution in [0.25, 0.3) is 32.8 Å². The van der Waals surface area contributed by atoms with Gasteiger partial charge in [0, 0.05) is 10.8 Å². The number of aryl methyl sites for hydroxylation is 1. The number of imidazole rings is 1. The summed E-state index contributed by atoms with van der Waals surface area (Å²) in [6, 6.07) is 18.4. The van der Waals surface area contributed by atoms with Crippen molar-refractivity contribution in [3.8, 4) is 0 Å². The largest absolute Gasteiger partial charge is 0.338 e. The molecule has 3 nitrogen and oxygen atoms in total. The van der Waals surface area contributed by atoms with E-state index in [1.54, 1.807) is 0 Å². The number of nitrogens with zero attached hydrogens (tertiary/aromatic N) is 2.